The average molecular weight is 316 g/mol. The maximum Gasteiger partial charge on any atom is 0.205 e. The molecule has 2 aliphatic heterocycles. The van der Waals surface area contributed by atoms with Crippen LogP contribution in [0.15, 0.2) is 30.3 Å². The summed E-state index contributed by atoms with van der Waals surface area (Å²) >= 11 is 0. The van der Waals surface area contributed by atoms with Gasteiger partial charge in [0, 0.05) is 5.56 Å². The number of hydrogen-bond acceptors (Lipinski definition) is 5. The van der Waals surface area contributed by atoms with Gasteiger partial charge in [0.2, 0.25) is 5.82 Å². The van der Waals surface area contributed by atoms with Gasteiger partial charge in [-0.2, -0.15) is 5.21 Å². The molecule has 2 aliphatic rings. The summed E-state index contributed by atoms with van der Waals surface area (Å²) in [6.07, 6.45) is 5.00. The molecule has 1 N–H and O–H groups in total. The van der Waals surface area contributed by atoms with E-state index in [-0.39, 0.29) is 10.5 Å². The molecule has 1 aromatic heterocycles. The van der Waals surface area contributed by atoms with Crippen LogP contribution in [-0.4, -0.2) is 39.5 Å². The van der Waals surface area contributed by atoms with Crippen LogP contribution in [0.4, 0.5) is 0 Å². The predicted molar refractivity (Wildman–Crippen MR) is 82.6 cm³/mol. The second-order valence-electron chi connectivity index (χ2n) is 5.86. The number of nitrogens with zero attached hydrogens (tertiary/aromatic N) is 3. The zero-order valence-corrected chi connectivity index (χ0v) is 12.8. The van der Waals surface area contributed by atoms with Crippen molar-refractivity contribution in [2.24, 2.45) is 0 Å². The van der Waals surface area contributed by atoms with Crippen LogP contribution in [0.2, 0.25) is 0 Å². The standard InChI is InChI=1S/C15H16N4O2S/c20-22(21)11-4-3-5-12(22)9-10(8-11)13-6-1-2-7-14(13)15-16-18-19-17-15/h1-2,6-8,11-12H,3-5,9H2,(H,16,17,18,19). The summed E-state index contributed by atoms with van der Waals surface area (Å²) in [5.74, 6) is 0.537. The number of tetrazole rings is 1. The highest BCUT2D eigenvalue weighted by molar-refractivity contribution is 7.93. The van der Waals surface area contributed by atoms with E-state index in [9.17, 15) is 8.42 Å². The topological polar surface area (TPSA) is 88.6 Å². The SMILES string of the molecule is O=S1(=O)C2C=C(c3ccccc3-c3nn[nH]n3)CC1CCC2. The minimum Gasteiger partial charge on any atom is -0.228 e. The first-order valence-electron chi connectivity index (χ1n) is 7.43. The Morgan fingerprint density at radius 1 is 1.14 bits per heavy atom. The zero-order chi connectivity index (χ0) is 15.2. The molecule has 0 saturated carbocycles. The molecule has 0 radical (unpaired) electrons. The number of H-pyrrole nitrogens is 1. The highest BCUT2D eigenvalue weighted by Gasteiger charge is 2.40. The molecule has 6 nitrogen and oxygen atoms in total. The van der Waals surface area contributed by atoms with Crippen LogP contribution < -0.4 is 0 Å². The van der Waals surface area contributed by atoms with E-state index >= 15 is 0 Å². The van der Waals surface area contributed by atoms with E-state index in [1.807, 2.05) is 30.3 Å². The van der Waals surface area contributed by atoms with E-state index in [0.717, 1.165) is 36.0 Å². The molecule has 114 valence electrons. The van der Waals surface area contributed by atoms with Crippen LogP contribution in [-0.2, 0) is 9.84 Å². The van der Waals surface area contributed by atoms with E-state index in [2.05, 4.69) is 20.6 Å². The zero-order valence-electron chi connectivity index (χ0n) is 11.9. The Kier molecular flexibility index (Phi) is 3.11. The Morgan fingerprint density at radius 2 is 1.95 bits per heavy atom. The fraction of sp³-hybridized carbons (Fsp3) is 0.400. The van der Waals surface area contributed by atoms with Crippen molar-refractivity contribution in [3.63, 3.8) is 0 Å². The molecule has 4 rings (SSSR count). The molecule has 0 aliphatic carbocycles. The van der Waals surface area contributed by atoms with E-state index in [4.69, 9.17) is 0 Å². The highest BCUT2D eigenvalue weighted by Crippen LogP contribution is 2.41. The number of aromatic nitrogens is 4. The van der Waals surface area contributed by atoms with Gasteiger partial charge in [-0.3, -0.25) is 0 Å². The summed E-state index contributed by atoms with van der Waals surface area (Å²) in [6.45, 7) is 0. The number of sulfone groups is 1. The van der Waals surface area contributed by atoms with Gasteiger partial charge in [0.15, 0.2) is 9.84 Å². The number of aromatic amines is 1. The van der Waals surface area contributed by atoms with Crippen molar-refractivity contribution in [1.82, 2.24) is 20.6 Å². The number of fused-ring (bicyclic) bond motifs is 2. The maximum atomic E-state index is 12.4. The number of rotatable bonds is 2. The molecule has 1 aromatic carbocycles. The van der Waals surface area contributed by atoms with Crippen molar-refractivity contribution < 1.29 is 8.42 Å². The predicted octanol–water partition coefficient (Wildman–Crippen LogP) is 1.99. The quantitative estimate of drug-likeness (QED) is 0.915. The second kappa shape index (κ2) is 5.01. The van der Waals surface area contributed by atoms with Gasteiger partial charge in [-0.15, -0.1) is 10.2 Å². The Bertz CT molecular complexity index is 827. The van der Waals surface area contributed by atoms with Crippen molar-refractivity contribution in [2.75, 3.05) is 0 Å². The van der Waals surface area contributed by atoms with Crippen LogP contribution in [0.25, 0.3) is 17.0 Å². The van der Waals surface area contributed by atoms with Crippen LogP contribution in [0.5, 0.6) is 0 Å². The van der Waals surface area contributed by atoms with Gasteiger partial charge in [0.05, 0.1) is 10.5 Å². The third kappa shape index (κ3) is 2.08. The van der Waals surface area contributed by atoms with Gasteiger partial charge >= 0.3 is 0 Å². The van der Waals surface area contributed by atoms with Crippen LogP contribution in [0.1, 0.15) is 31.2 Å². The molecular weight excluding hydrogens is 300 g/mol. The maximum absolute atomic E-state index is 12.4. The van der Waals surface area contributed by atoms with Gasteiger partial charge < -0.3 is 0 Å². The molecular formula is C15H16N4O2S. The molecule has 1 saturated heterocycles. The van der Waals surface area contributed by atoms with E-state index in [1.54, 1.807) is 0 Å². The minimum atomic E-state index is -3.00. The summed E-state index contributed by atoms with van der Waals surface area (Å²) in [6, 6.07) is 7.83. The lowest BCUT2D eigenvalue weighted by molar-refractivity contribution is 0.518. The fourth-order valence-corrected chi connectivity index (χ4v) is 5.74. The van der Waals surface area contributed by atoms with Crippen molar-refractivity contribution >= 4 is 15.4 Å². The second-order valence-corrected chi connectivity index (χ2v) is 8.31. The Morgan fingerprint density at radius 3 is 2.68 bits per heavy atom. The van der Waals surface area contributed by atoms with Gasteiger partial charge in [0.1, 0.15) is 0 Å². The average Bonchev–Trinajstić information content (AvgIpc) is 3.00. The number of hydrogen-bond donors (Lipinski definition) is 1. The Balaban J connectivity index is 1.83. The van der Waals surface area contributed by atoms with Gasteiger partial charge in [-0.25, -0.2) is 8.42 Å². The van der Waals surface area contributed by atoms with Crippen molar-refractivity contribution in [2.45, 2.75) is 36.2 Å². The summed E-state index contributed by atoms with van der Waals surface area (Å²) in [5, 5.41) is 13.6. The van der Waals surface area contributed by atoms with Gasteiger partial charge in [-0.05, 0) is 35.6 Å². The number of allylic oxidation sites excluding steroid dienone is 1. The lowest BCUT2D eigenvalue weighted by atomic mass is 9.90. The van der Waals surface area contributed by atoms with Crippen LogP contribution in [0, 0.1) is 0 Å². The lowest BCUT2D eigenvalue weighted by Gasteiger charge is -2.33. The van der Waals surface area contributed by atoms with Crippen molar-refractivity contribution in [1.29, 1.82) is 0 Å². The van der Waals surface area contributed by atoms with Gasteiger partial charge in [0.25, 0.3) is 0 Å². The molecule has 0 spiro atoms. The molecule has 22 heavy (non-hydrogen) atoms. The molecule has 0 amide bonds. The first-order chi connectivity index (χ1) is 10.7. The molecule has 2 bridgehead atoms. The fourth-order valence-electron chi connectivity index (χ4n) is 3.49. The smallest absolute Gasteiger partial charge is 0.205 e. The van der Waals surface area contributed by atoms with E-state index in [1.165, 1.54) is 0 Å². The lowest BCUT2D eigenvalue weighted by Crippen LogP contribution is -2.38. The first kappa shape index (κ1) is 13.6. The third-order valence-corrected chi connectivity index (χ3v) is 7.14. The number of nitrogens with one attached hydrogen (secondary N) is 1. The van der Waals surface area contributed by atoms with E-state index < -0.39 is 9.84 Å². The van der Waals surface area contributed by atoms with Crippen LogP contribution in [0.3, 0.4) is 0 Å². The third-order valence-electron chi connectivity index (χ3n) is 4.60. The molecule has 2 aromatic rings. The van der Waals surface area contributed by atoms with Gasteiger partial charge in [-0.1, -0.05) is 36.8 Å². The van der Waals surface area contributed by atoms with Crippen molar-refractivity contribution in [3.8, 4) is 11.4 Å². The Labute approximate surface area is 128 Å². The van der Waals surface area contributed by atoms with Crippen molar-refractivity contribution in [3.05, 3.63) is 35.9 Å². The highest BCUT2D eigenvalue weighted by atomic mass is 32.2. The number of benzene rings is 1. The van der Waals surface area contributed by atoms with Crippen LogP contribution >= 0.6 is 0 Å². The molecule has 1 fully saturated rings. The Hall–Kier alpha value is -2.02. The van der Waals surface area contributed by atoms with E-state index in [0.29, 0.717) is 12.2 Å². The summed E-state index contributed by atoms with van der Waals surface area (Å²) in [7, 11) is -3.00. The summed E-state index contributed by atoms with van der Waals surface area (Å²) < 4.78 is 24.8. The molecule has 3 heterocycles. The summed E-state index contributed by atoms with van der Waals surface area (Å²) in [4.78, 5) is 0. The monoisotopic (exact) mass is 316 g/mol. The minimum absolute atomic E-state index is 0.246. The summed E-state index contributed by atoms with van der Waals surface area (Å²) in [5.41, 5.74) is 2.99. The molecule has 7 heteroatoms. The largest absolute Gasteiger partial charge is 0.228 e. The molecule has 2 atom stereocenters. The normalized spacial score (nSPS) is 26.5. The first-order valence-corrected chi connectivity index (χ1v) is 9.04. The molecule has 2 unspecified atom stereocenters.